The van der Waals surface area contributed by atoms with Crippen LogP contribution in [-0.4, -0.2) is 34.5 Å². The maximum absolute atomic E-state index is 13.2. The summed E-state index contributed by atoms with van der Waals surface area (Å²) in [5, 5.41) is 13.0. The van der Waals surface area contributed by atoms with Gasteiger partial charge in [-0.1, -0.05) is 24.3 Å². The van der Waals surface area contributed by atoms with Gasteiger partial charge in [-0.05, 0) is 48.7 Å². The number of aliphatic hydroxyl groups excluding tert-OH is 1. The van der Waals surface area contributed by atoms with Gasteiger partial charge in [-0.15, -0.1) is 11.3 Å². The molecule has 0 bridgehead atoms. The zero-order chi connectivity index (χ0) is 22.0. The van der Waals surface area contributed by atoms with Crippen LogP contribution in [0.2, 0.25) is 0 Å². The number of thiophene rings is 1. The predicted octanol–water partition coefficient (Wildman–Crippen LogP) is 4.19. The van der Waals surface area contributed by atoms with Crippen molar-refractivity contribution in [3.8, 4) is 22.6 Å². The van der Waals surface area contributed by atoms with Crippen molar-refractivity contribution >= 4 is 21.6 Å². The molecule has 2 heterocycles. The van der Waals surface area contributed by atoms with Crippen LogP contribution in [0, 0.1) is 13.8 Å². The van der Waals surface area contributed by atoms with E-state index in [1.54, 1.807) is 7.11 Å². The van der Waals surface area contributed by atoms with E-state index in [1.165, 1.54) is 22.2 Å². The zero-order valence-corrected chi connectivity index (χ0v) is 18.5. The maximum atomic E-state index is 13.2. The standard InChI is InChI=1S/C24H24N2O4S/c1-15-4-5-16(2)21(10-15)30-12-18(27)11-26-14-25-23-22(24(26)28)20(13-31-23)17-6-8-19(29-3)9-7-17/h4-10,13-14,18,27H,11-12H2,1-3H3. The van der Waals surface area contributed by atoms with Crippen LogP contribution in [0.1, 0.15) is 11.1 Å². The van der Waals surface area contributed by atoms with Crippen LogP contribution >= 0.6 is 11.3 Å². The molecule has 0 aliphatic carbocycles. The lowest BCUT2D eigenvalue weighted by molar-refractivity contribution is 0.0911. The van der Waals surface area contributed by atoms with E-state index in [2.05, 4.69) is 4.98 Å². The molecule has 1 N–H and O–H groups in total. The highest BCUT2D eigenvalue weighted by Crippen LogP contribution is 2.31. The van der Waals surface area contributed by atoms with E-state index in [9.17, 15) is 9.90 Å². The number of benzene rings is 2. The van der Waals surface area contributed by atoms with Crippen molar-refractivity contribution in [2.45, 2.75) is 26.5 Å². The zero-order valence-electron chi connectivity index (χ0n) is 17.7. The van der Waals surface area contributed by atoms with Gasteiger partial charge in [0, 0.05) is 10.9 Å². The van der Waals surface area contributed by atoms with E-state index >= 15 is 0 Å². The minimum atomic E-state index is -0.847. The summed E-state index contributed by atoms with van der Waals surface area (Å²) in [6.07, 6.45) is 0.639. The van der Waals surface area contributed by atoms with Gasteiger partial charge < -0.3 is 14.6 Å². The molecule has 2 aromatic carbocycles. The Balaban J connectivity index is 1.56. The van der Waals surface area contributed by atoms with Crippen molar-refractivity contribution in [1.29, 1.82) is 0 Å². The fourth-order valence-corrected chi connectivity index (χ4v) is 4.32. The topological polar surface area (TPSA) is 73.6 Å². The Kier molecular flexibility index (Phi) is 6.06. The lowest BCUT2D eigenvalue weighted by Gasteiger charge is -2.15. The Morgan fingerprint density at radius 1 is 1.16 bits per heavy atom. The lowest BCUT2D eigenvalue weighted by Crippen LogP contribution is -2.30. The van der Waals surface area contributed by atoms with Crippen molar-refractivity contribution < 1.29 is 14.6 Å². The van der Waals surface area contributed by atoms with Crippen LogP contribution in [0.25, 0.3) is 21.3 Å². The number of ether oxygens (including phenoxy) is 2. The summed E-state index contributed by atoms with van der Waals surface area (Å²) in [6.45, 7) is 4.14. The minimum absolute atomic E-state index is 0.0870. The molecule has 0 aliphatic rings. The predicted molar refractivity (Wildman–Crippen MR) is 123 cm³/mol. The fraction of sp³-hybridized carbons (Fsp3) is 0.250. The smallest absolute Gasteiger partial charge is 0.262 e. The van der Waals surface area contributed by atoms with E-state index in [0.29, 0.717) is 10.2 Å². The van der Waals surface area contributed by atoms with Crippen LogP contribution in [0.4, 0.5) is 0 Å². The Labute approximate surface area is 184 Å². The van der Waals surface area contributed by atoms with Crippen LogP contribution in [0.15, 0.2) is 59.0 Å². The highest BCUT2D eigenvalue weighted by molar-refractivity contribution is 7.17. The summed E-state index contributed by atoms with van der Waals surface area (Å²) in [5.74, 6) is 1.49. The van der Waals surface area contributed by atoms with Gasteiger partial charge in [-0.25, -0.2) is 4.98 Å². The monoisotopic (exact) mass is 436 g/mol. The van der Waals surface area contributed by atoms with E-state index in [0.717, 1.165) is 33.8 Å². The van der Waals surface area contributed by atoms with Gasteiger partial charge in [0.05, 0.1) is 25.4 Å². The highest BCUT2D eigenvalue weighted by Gasteiger charge is 2.16. The van der Waals surface area contributed by atoms with Crippen molar-refractivity contribution in [2.75, 3.05) is 13.7 Å². The average Bonchev–Trinajstić information content (AvgIpc) is 3.21. The van der Waals surface area contributed by atoms with Crippen LogP contribution in [-0.2, 0) is 6.54 Å². The second-order valence-electron chi connectivity index (χ2n) is 7.49. The molecule has 31 heavy (non-hydrogen) atoms. The number of aliphatic hydroxyl groups is 1. The van der Waals surface area contributed by atoms with Crippen molar-refractivity contribution in [3.63, 3.8) is 0 Å². The molecule has 0 spiro atoms. The normalized spacial score (nSPS) is 12.1. The van der Waals surface area contributed by atoms with Crippen LogP contribution in [0.3, 0.4) is 0 Å². The first-order valence-electron chi connectivity index (χ1n) is 9.95. The third-order valence-corrected chi connectivity index (χ3v) is 6.03. The highest BCUT2D eigenvalue weighted by atomic mass is 32.1. The first-order valence-corrected chi connectivity index (χ1v) is 10.8. The Morgan fingerprint density at radius 3 is 2.68 bits per heavy atom. The SMILES string of the molecule is COc1ccc(-c2csc3ncn(CC(O)COc4cc(C)ccc4C)c(=O)c23)cc1. The molecule has 0 amide bonds. The second kappa shape index (κ2) is 8.91. The van der Waals surface area contributed by atoms with Gasteiger partial charge in [-0.3, -0.25) is 9.36 Å². The number of aryl methyl sites for hydroxylation is 2. The Morgan fingerprint density at radius 2 is 1.94 bits per heavy atom. The molecule has 4 aromatic rings. The molecule has 2 aromatic heterocycles. The number of methoxy groups -OCH3 is 1. The van der Waals surface area contributed by atoms with Gasteiger partial charge in [0.15, 0.2) is 0 Å². The van der Waals surface area contributed by atoms with Crippen LogP contribution < -0.4 is 15.0 Å². The molecule has 6 nitrogen and oxygen atoms in total. The molecule has 4 rings (SSSR count). The summed E-state index contributed by atoms with van der Waals surface area (Å²) >= 11 is 1.43. The molecule has 0 aliphatic heterocycles. The summed E-state index contributed by atoms with van der Waals surface area (Å²) < 4.78 is 12.4. The van der Waals surface area contributed by atoms with Gasteiger partial charge in [0.2, 0.25) is 0 Å². The summed E-state index contributed by atoms with van der Waals surface area (Å²) in [7, 11) is 1.62. The largest absolute Gasteiger partial charge is 0.497 e. The third kappa shape index (κ3) is 4.47. The summed E-state index contributed by atoms with van der Waals surface area (Å²) in [6, 6.07) is 13.5. The molecular weight excluding hydrogens is 412 g/mol. The second-order valence-corrected chi connectivity index (χ2v) is 8.35. The number of aromatic nitrogens is 2. The van der Waals surface area contributed by atoms with Gasteiger partial charge >= 0.3 is 0 Å². The molecule has 0 saturated heterocycles. The van der Waals surface area contributed by atoms with E-state index in [4.69, 9.17) is 9.47 Å². The minimum Gasteiger partial charge on any atom is -0.497 e. The Bertz CT molecular complexity index is 1260. The maximum Gasteiger partial charge on any atom is 0.262 e. The molecule has 7 heteroatoms. The van der Waals surface area contributed by atoms with Crippen LogP contribution in [0.5, 0.6) is 11.5 Å². The number of nitrogens with zero attached hydrogens (tertiary/aromatic N) is 2. The van der Waals surface area contributed by atoms with Crippen molar-refractivity contribution in [2.24, 2.45) is 0 Å². The molecular formula is C24H24N2O4S. The molecule has 0 saturated carbocycles. The van der Waals surface area contributed by atoms with Gasteiger partial charge in [0.1, 0.15) is 29.0 Å². The lowest BCUT2D eigenvalue weighted by atomic mass is 10.1. The fourth-order valence-electron chi connectivity index (χ4n) is 3.41. The number of hydrogen-bond donors (Lipinski definition) is 1. The average molecular weight is 437 g/mol. The first kappa shape index (κ1) is 21.1. The van der Waals surface area contributed by atoms with Crippen molar-refractivity contribution in [1.82, 2.24) is 9.55 Å². The van der Waals surface area contributed by atoms with E-state index < -0.39 is 6.10 Å². The number of rotatable bonds is 7. The first-order chi connectivity index (χ1) is 15.0. The Hall–Kier alpha value is -3.16. The summed E-state index contributed by atoms with van der Waals surface area (Å²) in [4.78, 5) is 18.3. The van der Waals surface area contributed by atoms with Gasteiger partial charge in [-0.2, -0.15) is 0 Å². The van der Waals surface area contributed by atoms with Gasteiger partial charge in [0.25, 0.3) is 5.56 Å². The number of hydrogen-bond acceptors (Lipinski definition) is 6. The molecule has 0 fully saturated rings. The molecule has 0 radical (unpaired) electrons. The molecule has 160 valence electrons. The number of fused-ring (bicyclic) bond motifs is 1. The van der Waals surface area contributed by atoms with Crippen molar-refractivity contribution in [3.05, 3.63) is 75.7 Å². The third-order valence-electron chi connectivity index (χ3n) is 5.14. The molecule has 1 unspecified atom stereocenters. The quantitative estimate of drug-likeness (QED) is 0.470. The summed E-state index contributed by atoms with van der Waals surface area (Å²) in [5.41, 5.74) is 3.66. The molecule has 1 atom stereocenters. The van der Waals surface area contributed by atoms with E-state index in [1.807, 2.05) is 61.7 Å². The van der Waals surface area contributed by atoms with E-state index in [-0.39, 0.29) is 18.7 Å².